The summed E-state index contributed by atoms with van der Waals surface area (Å²) in [4.78, 5) is 2.52. The van der Waals surface area contributed by atoms with Crippen LogP contribution < -0.4 is 14.2 Å². The van der Waals surface area contributed by atoms with Crippen molar-refractivity contribution in [3.63, 3.8) is 0 Å². The van der Waals surface area contributed by atoms with Crippen molar-refractivity contribution in [3.8, 4) is 11.5 Å². The summed E-state index contributed by atoms with van der Waals surface area (Å²) in [6.07, 6.45) is 2.39. The molecule has 0 aliphatic carbocycles. The van der Waals surface area contributed by atoms with Crippen LogP contribution >= 0.6 is 0 Å². The first-order valence-corrected chi connectivity index (χ1v) is 8.68. The highest BCUT2D eigenvalue weighted by atomic mass is 32.2. The molecule has 0 spiro atoms. The van der Waals surface area contributed by atoms with Gasteiger partial charge in [-0.05, 0) is 45.0 Å². The normalized spacial score (nSPS) is 19.9. The van der Waals surface area contributed by atoms with Crippen LogP contribution in [0.3, 0.4) is 0 Å². The molecule has 1 fully saturated rings. The summed E-state index contributed by atoms with van der Waals surface area (Å²) in [5.41, 5.74) is 0. The summed E-state index contributed by atoms with van der Waals surface area (Å²) in [5, 5.41) is 0. The van der Waals surface area contributed by atoms with Gasteiger partial charge in [-0.3, -0.25) is 4.90 Å². The van der Waals surface area contributed by atoms with Crippen LogP contribution in [0, 0.1) is 0 Å². The van der Waals surface area contributed by atoms with Crippen LogP contribution in [0.4, 0.5) is 0 Å². The molecule has 21 heavy (non-hydrogen) atoms. The summed E-state index contributed by atoms with van der Waals surface area (Å²) in [6.45, 7) is 4.70. The SMILES string of the molecule is CC(CNS(=O)(=O)c1ccc2c(c1)OCO2)N1CCCC1. The zero-order valence-electron chi connectivity index (χ0n) is 12.0. The van der Waals surface area contributed by atoms with Crippen molar-refractivity contribution in [1.29, 1.82) is 0 Å². The second-order valence-electron chi connectivity index (χ2n) is 5.46. The molecule has 0 amide bonds. The van der Waals surface area contributed by atoms with E-state index in [4.69, 9.17) is 9.47 Å². The lowest BCUT2D eigenvalue weighted by Gasteiger charge is -2.23. The first-order valence-electron chi connectivity index (χ1n) is 7.20. The summed E-state index contributed by atoms with van der Waals surface area (Å²) >= 11 is 0. The second-order valence-corrected chi connectivity index (χ2v) is 7.23. The van der Waals surface area contributed by atoms with Gasteiger partial charge >= 0.3 is 0 Å². The minimum atomic E-state index is -3.52. The quantitative estimate of drug-likeness (QED) is 0.884. The number of hydrogen-bond acceptors (Lipinski definition) is 5. The third-order valence-corrected chi connectivity index (χ3v) is 5.41. The summed E-state index contributed by atoms with van der Waals surface area (Å²) < 4.78 is 37.7. The summed E-state index contributed by atoms with van der Waals surface area (Å²) in [7, 11) is -3.52. The molecular weight excluding hydrogens is 292 g/mol. The fraction of sp³-hybridized carbons (Fsp3) is 0.571. The van der Waals surface area contributed by atoms with E-state index in [9.17, 15) is 8.42 Å². The van der Waals surface area contributed by atoms with Gasteiger partial charge in [0.1, 0.15) is 0 Å². The lowest BCUT2D eigenvalue weighted by molar-refractivity contribution is 0.174. The van der Waals surface area contributed by atoms with Gasteiger partial charge in [0.15, 0.2) is 11.5 Å². The minimum Gasteiger partial charge on any atom is -0.454 e. The van der Waals surface area contributed by atoms with E-state index >= 15 is 0 Å². The molecule has 2 heterocycles. The number of fused-ring (bicyclic) bond motifs is 1. The predicted octanol–water partition coefficient (Wildman–Crippen LogP) is 1.18. The number of nitrogens with zero attached hydrogens (tertiary/aromatic N) is 1. The van der Waals surface area contributed by atoms with Crippen LogP contribution in [0.15, 0.2) is 23.1 Å². The molecule has 0 saturated carbocycles. The van der Waals surface area contributed by atoms with Gasteiger partial charge in [0, 0.05) is 18.7 Å². The highest BCUT2D eigenvalue weighted by Crippen LogP contribution is 2.33. The molecule has 1 aromatic carbocycles. The van der Waals surface area contributed by atoms with E-state index in [2.05, 4.69) is 9.62 Å². The fourth-order valence-corrected chi connectivity index (χ4v) is 3.81. The third-order valence-electron chi connectivity index (χ3n) is 3.99. The van der Waals surface area contributed by atoms with Gasteiger partial charge in [-0.15, -0.1) is 0 Å². The maximum Gasteiger partial charge on any atom is 0.240 e. The van der Waals surface area contributed by atoms with Crippen molar-refractivity contribution in [3.05, 3.63) is 18.2 Å². The molecule has 6 nitrogen and oxygen atoms in total. The molecule has 1 saturated heterocycles. The minimum absolute atomic E-state index is 0.137. The maximum absolute atomic E-state index is 12.3. The summed E-state index contributed by atoms with van der Waals surface area (Å²) in [5.74, 6) is 1.06. The lowest BCUT2D eigenvalue weighted by atomic mass is 10.3. The predicted molar refractivity (Wildman–Crippen MR) is 78.0 cm³/mol. The van der Waals surface area contributed by atoms with Crippen molar-refractivity contribution in [2.75, 3.05) is 26.4 Å². The number of sulfonamides is 1. The number of likely N-dealkylation sites (tertiary alicyclic amines) is 1. The first-order chi connectivity index (χ1) is 10.1. The smallest absolute Gasteiger partial charge is 0.240 e. The largest absolute Gasteiger partial charge is 0.454 e. The summed E-state index contributed by atoms with van der Waals surface area (Å²) in [6, 6.07) is 4.87. The fourth-order valence-electron chi connectivity index (χ4n) is 2.67. The molecule has 2 aliphatic rings. The Bertz CT molecular complexity index is 611. The van der Waals surface area contributed by atoms with Gasteiger partial charge in [-0.1, -0.05) is 0 Å². The van der Waals surface area contributed by atoms with Crippen molar-refractivity contribution in [2.24, 2.45) is 0 Å². The van der Waals surface area contributed by atoms with E-state index in [0.717, 1.165) is 13.1 Å². The van der Waals surface area contributed by atoms with Gasteiger partial charge < -0.3 is 9.47 Å². The molecule has 0 aromatic heterocycles. The van der Waals surface area contributed by atoms with Crippen LogP contribution in [0.2, 0.25) is 0 Å². The van der Waals surface area contributed by atoms with Crippen molar-refractivity contribution >= 4 is 10.0 Å². The van der Waals surface area contributed by atoms with Crippen molar-refractivity contribution < 1.29 is 17.9 Å². The molecule has 7 heteroatoms. The topological polar surface area (TPSA) is 67.9 Å². The maximum atomic E-state index is 12.3. The monoisotopic (exact) mass is 312 g/mol. The van der Waals surface area contributed by atoms with Crippen LogP contribution in [-0.4, -0.2) is 45.8 Å². The molecule has 1 atom stereocenters. The van der Waals surface area contributed by atoms with E-state index < -0.39 is 10.0 Å². The highest BCUT2D eigenvalue weighted by Gasteiger charge is 2.23. The molecule has 1 aromatic rings. The number of nitrogens with one attached hydrogen (secondary N) is 1. The Balaban J connectivity index is 1.66. The molecule has 1 unspecified atom stereocenters. The Labute approximate surface area is 125 Å². The average Bonchev–Trinajstić information content (AvgIpc) is 3.14. The molecule has 0 bridgehead atoms. The van der Waals surface area contributed by atoms with E-state index in [1.807, 2.05) is 6.92 Å². The molecule has 1 N–H and O–H groups in total. The standard InChI is InChI=1S/C14H20N2O4S/c1-11(16-6-2-3-7-16)9-15-21(17,18)12-4-5-13-14(8-12)20-10-19-13/h4-5,8,11,15H,2-3,6-7,9-10H2,1H3. The second kappa shape index (κ2) is 5.82. The molecular formula is C14H20N2O4S. The molecule has 0 radical (unpaired) electrons. The number of ether oxygens (including phenoxy) is 2. The number of hydrogen-bond donors (Lipinski definition) is 1. The van der Waals surface area contributed by atoms with Gasteiger partial charge in [0.2, 0.25) is 16.8 Å². The van der Waals surface area contributed by atoms with Crippen molar-refractivity contribution in [2.45, 2.75) is 30.7 Å². The zero-order chi connectivity index (χ0) is 14.9. The Morgan fingerprint density at radius 1 is 1.24 bits per heavy atom. The molecule has 116 valence electrons. The highest BCUT2D eigenvalue weighted by molar-refractivity contribution is 7.89. The van der Waals surface area contributed by atoms with Gasteiger partial charge in [0.25, 0.3) is 0 Å². The Morgan fingerprint density at radius 2 is 1.95 bits per heavy atom. The molecule has 3 rings (SSSR count). The van der Waals surface area contributed by atoms with Gasteiger partial charge in [-0.25, -0.2) is 13.1 Å². The Kier molecular flexibility index (Phi) is 4.05. The lowest BCUT2D eigenvalue weighted by Crippen LogP contribution is -2.40. The van der Waals surface area contributed by atoms with Gasteiger partial charge in [0.05, 0.1) is 4.90 Å². The number of benzene rings is 1. The van der Waals surface area contributed by atoms with Crippen molar-refractivity contribution in [1.82, 2.24) is 9.62 Å². The Hall–Kier alpha value is -1.31. The Morgan fingerprint density at radius 3 is 2.71 bits per heavy atom. The average molecular weight is 312 g/mol. The van der Waals surface area contributed by atoms with Crippen LogP contribution in [0.25, 0.3) is 0 Å². The van der Waals surface area contributed by atoms with E-state index in [1.165, 1.54) is 25.0 Å². The van der Waals surface area contributed by atoms with Crippen LogP contribution in [0.1, 0.15) is 19.8 Å². The van der Waals surface area contributed by atoms with E-state index in [1.54, 1.807) is 6.07 Å². The van der Waals surface area contributed by atoms with E-state index in [-0.39, 0.29) is 17.7 Å². The number of rotatable bonds is 5. The zero-order valence-corrected chi connectivity index (χ0v) is 12.9. The third kappa shape index (κ3) is 3.14. The molecule has 2 aliphatic heterocycles. The van der Waals surface area contributed by atoms with Gasteiger partial charge in [-0.2, -0.15) is 0 Å². The van der Waals surface area contributed by atoms with E-state index in [0.29, 0.717) is 18.0 Å². The van der Waals surface area contributed by atoms with Crippen LogP contribution in [-0.2, 0) is 10.0 Å². The van der Waals surface area contributed by atoms with Crippen LogP contribution in [0.5, 0.6) is 11.5 Å². The first kappa shape index (κ1) is 14.6.